The zero-order chi connectivity index (χ0) is 37.2. The Kier molecular flexibility index (Phi) is 11.0. The van der Waals surface area contributed by atoms with E-state index in [1.165, 1.54) is 6.07 Å². The van der Waals surface area contributed by atoms with Crippen molar-refractivity contribution in [2.45, 2.75) is 77.8 Å². The van der Waals surface area contributed by atoms with E-state index in [0.29, 0.717) is 23.3 Å². The minimum absolute atomic E-state index is 0.0166. The number of benzene rings is 2. The van der Waals surface area contributed by atoms with Gasteiger partial charge in [0.15, 0.2) is 0 Å². The third kappa shape index (κ3) is 9.00. The molecule has 2 aromatic carbocycles. The molecule has 0 saturated carbocycles. The Balaban J connectivity index is 0.000000458. The highest BCUT2D eigenvalue weighted by Crippen LogP contribution is 2.38. The SMILES string of the molecule is CC(C)(N)OC(C)(C)N.COC(C)c1ccc2nc(N3CC4CN(c5cccc(OCc6ccc(C#N)cc6F)n5)CC4C3)n(CC3CCO3)c2c1. The number of nitriles is 1. The number of hydrogen-bond acceptors (Lipinski definition) is 11. The van der Waals surface area contributed by atoms with E-state index in [0.717, 1.165) is 74.1 Å². The van der Waals surface area contributed by atoms with E-state index < -0.39 is 17.3 Å². The summed E-state index contributed by atoms with van der Waals surface area (Å²) in [4.78, 5) is 14.6. The van der Waals surface area contributed by atoms with Crippen molar-refractivity contribution >= 4 is 22.8 Å². The highest BCUT2D eigenvalue weighted by atomic mass is 19.1. The largest absolute Gasteiger partial charge is 0.473 e. The lowest BCUT2D eigenvalue weighted by molar-refractivity contribution is -0.115. The number of fused-ring (bicyclic) bond motifs is 2. The molecule has 0 aliphatic carbocycles. The Hall–Kier alpha value is -4.32. The van der Waals surface area contributed by atoms with E-state index in [1.807, 2.05) is 18.2 Å². The monoisotopic (exact) mass is 714 g/mol. The fourth-order valence-corrected chi connectivity index (χ4v) is 7.14. The average molecular weight is 715 g/mol. The number of hydrogen-bond donors (Lipinski definition) is 2. The number of ether oxygens (including phenoxy) is 4. The molecule has 3 saturated heterocycles. The first kappa shape index (κ1) is 37.4. The van der Waals surface area contributed by atoms with Crippen molar-refractivity contribution in [1.82, 2.24) is 14.5 Å². The van der Waals surface area contributed by atoms with Crippen molar-refractivity contribution in [2.24, 2.45) is 23.3 Å². The first-order valence-electron chi connectivity index (χ1n) is 17.9. The van der Waals surface area contributed by atoms with Crippen LogP contribution in [-0.2, 0) is 27.4 Å². The number of anilines is 2. The molecule has 0 amide bonds. The van der Waals surface area contributed by atoms with Crippen LogP contribution in [0.5, 0.6) is 5.88 Å². The zero-order valence-corrected chi connectivity index (χ0v) is 31.0. The lowest BCUT2D eigenvalue weighted by Gasteiger charge is -2.29. The van der Waals surface area contributed by atoms with Gasteiger partial charge in [0.2, 0.25) is 11.8 Å². The van der Waals surface area contributed by atoms with Crippen molar-refractivity contribution in [3.05, 3.63) is 77.1 Å². The molecule has 278 valence electrons. The molecule has 13 heteroatoms. The van der Waals surface area contributed by atoms with Crippen LogP contribution in [0.3, 0.4) is 0 Å². The fraction of sp³-hybridized carbons (Fsp3) is 0.513. The van der Waals surface area contributed by atoms with E-state index in [4.69, 9.17) is 45.6 Å². The molecule has 4 N–H and O–H groups in total. The average Bonchev–Trinajstić information content (AvgIpc) is 3.75. The fourth-order valence-electron chi connectivity index (χ4n) is 7.14. The summed E-state index contributed by atoms with van der Waals surface area (Å²) in [6, 6.07) is 18.5. The van der Waals surface area contributed by atoms with Crippen molar-refractivity contribution in [3.8, 4) is 11.9 Å². The third-order valence-corrected chi connectivity index (χ3v) is 9.64. The molecular formula is C39H51FN8O4. The molecule has 0 spiro atoms. The number of pyridine rings is 1. The van der Waals surface area contributed by atoms with Gasteiger partial charge in [0, 0.05) is 63.4 Å². The van der Waals surface area contributed by atoms with Crippen molar-refractivity contribution in [3.63, 3.8) is 0 Å². The Labute approximate surface area is 305 Å². The van der Waals surface area contributed by atoms with Gasteiger partial charge in [0.25, 0.3) is 0 Å². The van der Waals surface area contributed by atoms with Gasteiger partial charge < -0.3 is 44.8 Å². The molecule has 0 bridgehead atoms. The lowest BCUT2D eigenvalue weighted by atomic mass is 10.0. The van der Waals surface area contributed by atoms with Gasteiger partial charge in [0.05, 0.1) is 41.4 Å². The maximum Gasteiger partial charge on any atom is 0.215 e. The van der Waals surface area contributed by atoms with Gasteiger partial charge in [-0.15, -0.1) is 0 Å². The van der Waals surface area contributed by atoms with E-state index >= 15 is 0 Å². The van der Waals surface area contributed by atoms with Crippen LogP contribution in [-0.4, -0.2) is 72.0 Å². The van der Waals surface area contributed by atoms with Crippen LogP contribution in [0.2, 0.25) is 0 Å². The van der Waals surface area contributed by atoms with Crippen LogP contribution in [0.25, 0.3) is 11.0 Å². The second-order valence-electron chi connectivity index (χ2n) is 15.1. The minimum atomic E-state index is -0.641. The molecule has 7 rings (SSSR count). The van der Waals surface area contributed by atoms with E-state index in [9.17, 15) is 4.39 Å². The smallest absolute Gasteiger partial charge is 0.215 e. The summed E-state index contributed by atoms with van der Waals surface area (Å²) < 4.78 is 39.1. The Bertz CT molecular complexity index is 1870. The first-order chi connectivity index (χ1) is 24.7. The van der Waals surface area contributed by atoms with Crippen LogP contribution in [0.4, 0.5) is 16.2 Å². The molecule has 3 aliphatic rings. The van der Waals surface area contributed by atoms with Crippen LogP contribution >= 0.6 is 0 Å². The van der Waals surface area contributed by atoms with Crippen LogP contribution in [0, 0.1) is 29.0 Å². The number of aromatic nitrogens is 3. The molecular weight excluding hydrogens is 663 g/mol. The molecule has 5 heterocycles. The predicted molar refractivity (Wildman–Crippen MR) is 198 cm³/mol. The molecule has 3 aliphatic heterocycles. The molecule has 4 unspecified atom stereocenters. The van der Waals surface area contributed by atoms with Crippen LogP contribution in [0.15, 0.2) is 54.6 Å². The summed E-state index contributed by atoms with van der Waals surface area (Å²) in [5.41, 5.74) is 13.7. The highest BCUT2D eigenvalue weighted by molar-refractivity contribution is 5.80. The summed E-state index contributed by atoms with van der Waals surface area (Å²) in [5.74, 6) is 2.89. The van der Waals surface area contributed by atoms with E-state index in [2.05, 4.69) is 39.5 Å². The maximum atomic E-state index is 14.3. The lowest BCUT2D eigenvalue weighted by Crippen LogP contribution is -2.48. The quantitative estimate of drug-likeness (QED) is 0.190. The predicted octanol–water partition coefficient (Wildman–Crippen LogP) is 5.48. The normalized spacial score (nSPS) is 20.6. The zero-order valence-electron chi connectivity index (χ0n) is 31.0. The third-order valence-electron chi connectivity index (χ3n) is 9.64. The molecule has 2 aromatic heterocycles. The minimum Gasteiger partial charge on any atom is -0.473 e. The second kappa shape index (κ2) is 15.3. The number of imidazole rings is 1. The molecule has 4 atom stereocenters. The Morgan fingerprint density at radius 2 is 1.67 bits per heavy atom. The topological polar surface area (TPSA) is 150 Å². The van der Waals surface area contributed by atoms with Gasteiger partial charge in [-0.05, 0) is 76.9 Å². The van der Waals surface area contributed by atoms with Crippen LogP contribution in [0.1, 0.15) is 63.8 Å². The van der Waals surface area contributed by atoms with E-state index in [1.54, 1.807) is 53.0 Å². The Morgan fingerprint density at radius 1 is 0.981 bits per heavy atom. The summed E-state index contributed by atoms with van der Waals surface area (Å²) in [7, 11) is 1.74. The standard InChI is InChI=1S/C33H35FN6O3.C6H16N2O/c1-21(41-2)23-8-9-29-30(13-23)40(19-27-10-11-42-27)33(36-29)39-17-25-15-38(16-26(25)18-39)31-4-3-5-32(37-31)43-20-24-7-6-22(14-35)12-28(24)34;1-5(2,7)9-6(3,4)8/h3-9,12-13,21,25-27H,10-11,15-20H2,1-2H3;7-8H2,1-4H3. The van der Waals surface area contributed by atoms with Gasteiger partial charge in [0.1, 0.15) is 29.7 Å². The highest BCUT2D eigenvalue weighted by Gasteiger charge is 2.42. The summed E-state index contributed by atoms with van der Waals surface area (Å²) in [6.07, 6.45) is 1.32. The number of halogens is 1. The molecule has 12 nitrogen and oxygen atoms in total. The van der Waals surface area contributed by atoms with Gasteiger partial charge in [-0.25, -0.2) is 9.37 Å². The maximum absolute atomic E-state index is 14.3. The number of nitrogens with zero attached hydrogens (tertiary/aromatic N) is 6. The molecule has 0 radical (unpaired) electrons. The van der Waals surface area contributed by atoms with Gasteiger partial charge >= 0.3 is 0 Å². The molecule has 3 fully saturated rings. The summed E-state index contributed by atoms with van der Waals surface area (Å²) in [5, 5.41) is 8.97. The van der Waals surface area contributed by atoms with Crippen LogP contribution < -0.4 is 26.0 Å². The number of nitrogens with two attached hydrogens (primary N) is 2. The van der Waals surface area contributed by atoms with Crippen molar-refractivity contribution in [1.29, 1.82) is 5.26 Å². The summed E-state index contributed by atoms with van der Waals surface area (Å²) >= 11 is 0. The number of rotatable bonds is 11. The van der Waals surface area contributed by atoms with Crippen molar-refractivity contribution in [2.75, 3.05) is 49.7 Å². The molecule has 52 heavy (non-hydrogen) atoms. The Morgan fingerprint density at radius 3 is 2.25 bits per heavy atom. The molecule has 4 aromatic rings. The van der Waals surface area contributed by atoms with E-state index in [-0.39, 0.29) is 24.4 Å². The summed E-state index contributed by atoms with van der Waals surface area (Å²) in [6.45, 7) is 14.5. The van der Waals surface area contributed by atoms with Crippen molar-refractivity contribution < 1.29 is 23.3 Å². The number of methoxy groups -OCH3 is 1. The first-order valence-corrected chi connectivity index (χ1v) is 17.9. The van der Waals surface area contributed by atoms with Gasteiger partial charge in [-0.1, -0.05) is 18.2 Å². The van der Waals surface area contributed by atoms with Gasteiger partial charge in [-0.3, -0.25) is 0 Å². The van der Waals surface area contributed by atoms with Gasteiger partial charge in [-0.2, -0.15) is 10.2 Å². The second-order valence-corrected chi connectivity index (χ2v) is 15.1.